The fraction of sp³-hybridized carbons (Fsp3) is 0.700. The summed E-state index contributed by atoms with van der Waals surface area (Å²) in [5.41, 5.74) is 1.12. The van der Waals surface area contributed by atoms with Crippen molar-refractivity contribution in [3.8, 4) is 0 Å². The number of halogens is 1. The minimum Gasteiger partial charge on any atom is -0.331 e. The number of hydrogen-bond donors (Lipinski definition) is 0. The summed E-state index contributed by atoms with van der Waals surface area (Å²) >= 11 is 5.79. The number of nitrogens with zero attached hydrogens (tertiary/aromatic N) is 2. The third-order valence-electron chi connectivity index (χ3n) is 2.33. The molecule has 1 rings (SSSR count). The Morgan fingerprint density at radius 2 is 2.38 bits per heavy atom. The molecular formula is C10H17ClN2. The molecule has 1 atom stereocenters. The second-order valence-electron chi connectivity index (χ2n) is 3.42. The minimum atomic E-state index is 0.524. The standard InChI is InChI=1S/C10H17ClN2/c1-3-4-5-9(2)13-8-12-7-10(13)6-11/h7-9H,3-6H2,1-2H3. The second kappa shape index (κ2) is 5.28. The van der Waals surface area contributed by atoms with Crippen LogP contribution in [0.1, 0.15) is 44.8 Å². The highest BCUT2D eigenvalue weighted by Crippen LogP contribution is 2.17. The smallest absolute Gasteiger partial charge is 0.0951 e. The van der Waals surface area contributed by atoms with E-state index in [0.29, 0.717) is 11.9 Å². The van der Waals surface area contributed by atoms with Crippen molar-refractivity contribution in [2.45, 2.75) is 45.0 Å². The van der Waals surface area contributed by atoms with E-state index in [-0.39, 0.29) is 0 Å². The summed E-state index contributed by atoms with van der Waals surface area (Å²) in [5, 5.41) is 0. The molecule has 0 aliphatic rings. The van der Waals surface area contributed by atoms with E-state index in [9.17, 15) is 0 Å². The Balaban J connectivity index is 2.59. The molecule has 0 N–H and O–H groups in total. The maximum Gasteiger partial charge on any atom is 0.0951 e. The van der Waals surface area contributed by atoms with Crippen molar-refractivity contribution in [1.29, 1.82) is 0 Å². The molecule has 0 aromatic carbocycles. The third-order valence-corrected chi connectivity index (χ3v) is 2.61. The van der Waals surface area contributed by atoms with E-state index < -0.39 is 0 Å². The Morgan fingerprint density at radius 1 is 1.62 bits per heavy atom. The van der Waals surface area contributed by atoms with E-state index in [1.807, 2.05) is 12.5 Å². The maximum atomic E-state index is 5.79. The van der Waals surface area contributed by atoms with Crippen LogP contribution in [-0.4, -0.2) is 9.55 Å². The van der Waals surface area contributed by atoms with E-state index in [2.05, 4.69) is 23.4 Å². The fourth-order valence-corrected chi connectivity index (χ4v) is 1.68. The largest absolute Gasteiger partial charge is 0.331 e. The molecule has 0 bridgehead atoms. The van der Waals surface area contributed by atoms with Gasteiger partial charge < -0.3 is 4.57 Å². The molecule has 1 heterocycles. The molecular weight excluding hydrogens is 184 g/mol. The van der Waals surface area contributed by atoms with E-state index >= 15 is 0 Å². The Kier molecular flexibility index (Phi) is 4.29. The van der Waals surface area contributed by atoms with Gasteiger partial charge in [0.15, 0.2) is 0 Å². The van der Waals surface area contributed by atoms with Crippen molar-refractivity contribution >= 4 is 11.6 Å². The second-order valence-corrected chi connectivity index (χ2v) is 3.68. The zero-order valence-corrected chi connectivity index (χ0v) is 9.09. The van der Waals surface area contributed by atoms with Crippen molar-refractivity contribution in [3.63, 3.8) is 0 Å². The number of imidazole rings is 1. The molecule has 3 heteroatoms. The van der Waals surface area contributed by atoms with Gasteiger partial charge in [-0.25, -0.2) is 4.98 Å². The van der Waals surface area contributed by atoms with Crippen molar-refractivity contribution in [1.82, 2.24) is 9.55 Å². The van der Waals surface area contributed by atoms with Crippen LogP contribution in [0.3, 0.4) is 0 Å². The molecule has 1 aromatic rings. The first-order valence-electron chi connectivity index (χ1n) is 4.86. The van der Waals surface area contributed by atoms with Gasteiger partial charge in [-0.15, -0.1) is 11.6 Å². The quantitative estimate of drug-likeness (QED) is 0.667. The summed E-state index contributed by atoms with van der Waals surface area (Å²) in [5.74, 6) is 0.552. The number of rotatable bonds is 5. The monoisotopic (exact) mass is 200 g/mol. The van der Waals surface area contributed by atoms with Crippen molar-refractivity contribution in [3.05, 3.63) is 18.2 Å². The van der Waals surface area contributed by atoms with E-state index in [4.69, 9.17) is 11.6 Å². The first kappa shape index (κ1) is 10.6. The highest BCUT2D eigenvalue weighted by molar-refractivity contribution is 6.16. The van der Waals surface area contributed by atoms with Crippen molar-refractivity contribution < 1.29 is 0 Å². The molecule has 1 unspecified atom stereocenters. The van der Waals surface area contributed by atoms with Crippen molar-refractivity contribution in [2.24, 2.45) is 0 Å². The molecule has 0 spiro atoms. The topological polar surface area (TPSA) is 17.8 Å². The molecule has 2 nitrogen and oxygen atoms in total. The van der Waals surface area contributed by atoms with Gasteiger partial charge in [0, 0.05) is 12.2 Å². The highest BCUT2D eigenvalue weighted by Gasteiger charge is 2.07. The van der Waals surface area contributed by atoms with Gasteiger partial charge in [0.1, 0.15) is 0 Å². The van der Waals surface area contributed by atoms with Gasteiger partial charge in [-0.1, -0.05) is 19.8 Å². The fourth-order valence-electron chi connectivity index (χ4n) is 1.47. The van der Waals surface area contributed by atoms with Crippen LogP contribution in [0.15, 0.2) is 12.5 Å². The van der Waals surface area contributed by atoms with Gasteiger partial charge in [-0.05, 0) is 13.3 Å². The summed E-state index contributed by atoms with van der Waals surface area (Å²) in [6, 6.07) is 0.524. The Bertz CT molecular complexity index is 245. The molecule has 0 fully saturated rings. The van der Waals surface area contributed by atoms with E-state index in [0.717, 1.165) is 5.69 Å². The first-order chi connectivity index (χ1) is 6.29. The minimum absolute atomic E-state index is 0.524. The lowest BCUT2D eigenvalue weighted by molar-refractivity contribution is 0.476. The molecule has 13 heavy (non-hydrogen) atoms. The van der Waals surface area contributed by atoms with Crippen molar-refractivity contribution in [2.75, 3.05) is 0 Å². The van der Waals surface area contributed by atoms with Gasteiger partial charge in [0.05, 0.1) is 17.9 Å². The van der Waals surface area contributed by atoms with Crippen LogP contribution < -0.4 is 0 Å². The highest BCUT2D eigenvalue weighted by atomic mass is 35.5. The molecule has 0 radical (unpaired) electrons. The number of hydrogen-bond acceptors (Lipinski definition) is 1. The number of aromatic nitrogens is 2. The summed E-state index contributed by atoms with van der Waals surface area (Å²) in [6.45, 7) is 4.43. The molecule has 0 saturated heterocycles. The van der Waals surface area contributed by atoms with E-state index in [1.54, 1.807) is 0 Å². The van der Waals surface area contributed by atoms with Crippen LogP contribution >= 0.6 is 11.6 Å². The Labute approximate surface area is 84.9 Å². The normalized spacial score (nSPS) is 13.2. The summed E-state index contributed by atoms with van der Waals surface area (Å²) in [6.07, 6.45) is 7.43. The van der Waals surface area contributed by atoms with Gasteiger partial charge in [0.25, 0.3) is 0 Å². The van der Waals surface area contributed by atoms with Crippen LogP contribution in [0.4, 0.5) is 0 Å². The molecule has 0 aliphatic carbocycles. The molecule has 74 valence electrons. The van der Waals surface area contributed by atoms with Gasteiger partial charge in [-0.2, -0.15) is 0 Å². The summed E-state index contributed by atoms with van der Waals surface area (Å²) < 4.78 is 2.17. The number of unbranched alkanes of at least 4 members (excludes halogenated alkanes) is 1. The van der Waals surface area contributed by atoms with Crippen LogP contribution in [0.5, 0.6) is 0 Å². The molecule has 1 aromatic heterocycles. The van der Waals surface area contributed by atoms with Gasteiger partial charge >= 0.3 is 0 Å². The lowest BCUT2D eigenvalue weighted by Crippen LogP contribution is -2.06. The summed E-state index contributed by atoms with van der Waals surface area (Å²) in [7, 11) is 0. The SMILES string of the molecule is CCCCC(C)n1cncc1CCl. The molecule has 0 saturated carbocycles. The molecule has 0 amide bonds. The van der Waals surface area contributed by atoms with Crippen LogP contribution in [0.2, 0.25) is 0 Å². The predicted octanol–water partition coefficient (Wildman–Crippen LogP) is 3.37. The molecule has 0 aliphatic heterocycles. The Morgan fingerprint density at radius 3 is 3.00 bits per heavy atom. The van der Waals surface area contributed by atoms with Gasteiger partial charge in [0.2, 0.25) is 0 Å². The summed E-state index contributed by atoms with van der Waals surface area (Å²) in [4.78, 5) is 4.10. The Hall–Kier alpha value is -0.500. The van der Waals surface area contributed by atoms with E-state index in [1.165, 1.54) is 19.3 Å². The average Bonchev–Trinajstić information content (AvgIpc) is 2.61. The first-order valence-corrected chi connectivity index (χ1v) is 5.39. The lowest BCUT2D eigenvalue weighted by Gasteiger charge is -2.14. The zero-order chi connectivity index (χ0) is 9.68. The predicted molar refractivity (Wildman–Crippen MR) is 56.0 cm³/mol. The van der Waals surface area contributed by atoms with Crippen LogP contribution in [0.25, 0.3) is 0 Å². The van der Waals surface area contributed by atoms with Gasteiger partial charge in [-0.3, -0.25) is 0 Å². The van der Waals surface area contributed by atoms with Crippen LogP contribution in [-0.2, 0) is 5.88 Å². The maximum absolute atomic E-state index is 5.79. The lowest BCUT2D eigenvalue weighted by atomic mass is 10.1. The average molecular weight is 201 g/mol. The zero-order valence-electron chi connectivity index (χ0n) is 8.33. The van der Waals surface area contributed by atoms with Crippen LogP contribution in [0, 0.1) is 0 Å². The third kappa shape index (κ3) is 2.73. The number of alkyl halides is 1.